The molecule has 0 unspecified atom stereocenters. The summed E-state index contributed by atoms with van der Waals surface area (Å²) in [5.74, 6) is 0.592. The molecule has 6 heteroatoms. The van der Waals surface area contributed by atoms with Gasteiger partial charge in [-0.15, -0.1) is 5.10 Å². The first-order valence-corrected chi connectivity index (χ1v) is 8.15. The van der Waals surface area contributed by atoms with E-state index in [1.807, 2.05) is 55.5 Å². The Morgan fingerprint density at radius 3 is 2.88 bits per heavy atom. The summed E-state index contributed by atoms with van der Waals surface area (Å²) in [6.07, 6.45) is 3.36. The number of hydrogen-bond acceptors (Lipinski definition) is 5. The van der Waals surface area contributed by atoms with Crippen LogP contribution in [-0.2, 0) is 0 Å². The maximum Gasteiger partial charge on any atom is 0.176 e. The van der Waals surface area contributed by atoms with Gasteiger partial charge in [-0.3, -0.25) is 5.43 Å². The molecule has 0 fully saturated rings. The third-order valence-electron chi connectivity index (χ3n) is 3.90. The molecule has 2 heterocycles. The SMILES string of the molecule is Cc1ccc2cc(/C=N\Nc3nncc4ccccc34)c(Cl)nc2c1. The standard InChI is InChI=1S/C19H14ClN5/c1-12-6-7-13-9-15(18(20)23-17(13)8-12)11-22-25-19-16-5-3-2-4-14(16)10-21-24-19/h2-11H,1H3,(H,24,25)/b22-11-. The lowest BCUT2D eigenvalue weighted by Gasteiger charge is -2.04. The van der Waals surface area contributed by atoms with E-state index in [1.54, 1.807) is 12.4 Å². The fourth-order valence-corrected chi connectivity index (χ4v) is 2.83. The molecule has 5 nitrogen and oxygen atoms in total. The zero-order valence-corrected chi connectivity index (χ0v) is 14.2. The van der Waals surface area contributed by atoms with Crippen LogP contribution in [0, 0.1) is 6.92 Å². The number of anilines is 1. The topological polar surface area (TPSA) is 63.1 Å². The molecule has 2 aromatic carbocycles. The molecule has 0 aliphatic heterocycles. The average molecular weight is 348 g/mol. The van der Waals surface area contributed by atoms with E-state index in [1.165, 1.54) is 0 Å². The van der Waals surface area contributed by atoms with Gasteiger partial charge in [0, 0.05) is 21.7 Å². The first-order valence-electron chi connectivity index (χ1n) is 7.77. The molecule has 0 spiro atoms. The minimum Gasteiger partial charge on any atom is -0.259 e. The second-order valence-electron chi connectivity index (χ2n) is 5.71. The molecule has 4 rings (SSSR count). The van der Waals surface area contributed by atoms with E-state index >= 15 is 0 Å². The number of aryl methyl sites for hydroxylation is 1. The number of fused-ring (bicyclic) bond motifs is 2. The largest absolute Gasteiger partial charge is 0.259 e. The number of benzene rings is 2. The molecule has 25 heavy (non-hydrogen) atoms. The number of pyridine rings is 1. The molecule has 2 aromatic heterocycles. The number of aromatic nitrogens is 3. The Hall–Kier alpha value is -3.05. The van der Waals surface area contributed by atoms with Crippen molar-refractivity contribution in [2.75, 3.05) is 5.43 Å². The highest BCUT2D eigenvalue weighted by Gasteiger charge is 2.04. The van der Waals surface area contributed by atoms with Crippen LogP contribution in [0.15, 0.2) is 59.8 Å². The fraction of sp³-hybridized carbons (Fsp3) is 0.0526. The fourth-order valence-electron chi connectivity index (χ4n) is 2.63. The summed E-state index contributed by atoms with van der Waals surface area (Å²) in [7, 11) is 0. The lowest BCUT2D eigenvalue weighted by molar-refractivity contribution is 1.04. The second-order valence-corrected chi connectivity index (χ2v) is 6.07. The minimum atomic E-state index is 0.410. The summed E-state index contributed by atoms with van der Waals surface area (Å²) in [6.45, 7) is 2.03. The Kier molecular flexibility index (Phi) is 3.99. The van der Waals surface area contributed by atoms with Gasteiger partial charge < -0.3 is 0 Å². The maximum absolute atomic E-state index is 6.27. The van der Waals surface area contributed by atoms with Crippen molar-refractivity contribution in [2.24, 2.45) is 5.10 Å². The van der Waals surface area contributed by atoms with E-state index in [-0.39, 0.29) is 0 Å². The van der Waals surface area contributed by atoms with E-state index in [0.717, 1.165) is 32.8 Å². The van der Waals surface area contributed by atoms with Crippen LogP contribution < -0.4 is 5.43 Å². The summed E-state index contributed by atoms with van der Waals surface area (Å²) < 4.78 is 0. The van der Waals surface area contributed by atoms with Crippen molar-refractivity contribution < 1.29 is 0 Å². The zero-order chi connectivity index (χ0) is 17.2. The molecule has 0 atom stereocenters. The van der Waals surface area contributed by atoms with Crippen LogP contribution in [0.1, 0.15) is 11.1 Å². The van der Waals surface area contributed by atoms with E-state index in [4.69, 9.17) is 11.6 Å². The van der Waals surface area contributed by atoms with Crippen LogP contribution in [0.2, 0.25) is 5.15 Å². The lowest BCUT2D eigenvalue weighted by Crippen LogP contribution is -1.97. The summed E-state index contributed by atoms with van der Waals surface area (Å²) in [6, 6.07) is 15.9. The Morgan fingerprint density at radius 2 is 1.96 bits per heavy atom. The van der Waals surface area contributed by atoms with Crippen LogP contribution in [-0.4, -0.2) is 21.4 Å². The number of rotatable bonds is 3. The van der Waals surface area contributed by atoms with Crippen molar-refractivity contribution in [3.63, 3.8) is 0 Å². The van der Waals surface area contributed by atoms with Gasteiger partial charge >= 0.3 is 0 Å². The Morgan fingerprint density at radius 1 is 1.08 bits per heavy atom. The average Bonchev–Trinajstić information content (AvgIpc) is 2.62. The Bertz CT molecular complexity index is 1100. The van der Waals surface area contributed by atoms with Gasteiger partial charge in [0.25, 0.3) is 0 Å². The van der Waals surface area contributed by atoms with Crippen LogP contribution in [0.5, 0.6) is 0 Å². The third kappa shape index (κ3) is 3.14. The van der Waals surface area contributed by atoms with E-state index in [0.29, 0.717) is 11.0 Å². The van der Waals surface area contributed by atoms with Crippen LogP contribution in [0.25, 0.3) is 21.7 Å². The van der Waals surface area contributed by atoms with Crippen LogP contribution in [0.4, 0.5) is 5.82 Å². The number of halogens is 1. The minimum absolute atomic E-state index is 0.410. The molecular formula is C19H14ClN5. The summed E-state index contributed by atoms with van der Waals surface area (Å²) in [4.78, 5) is 4.43. The van der Waals surface area contributed by atoms with Gasteiger partial charge in [-0.05, 0) is 24.6 Å². The highest BCUT2D eigenvalue weighted by Crippen LogP contribution is 2.21. The normalized spacial score (nSPS) is 11.4. The summed E-state index contributed by atoms with van der Waals surface area (Å²) in [5, 5.41) is 15.7. The molecule has 0 bridgehead atoms. The molecule has 0 saturated heterocycles. The predicted octanol–water partition coefficient (Wildman–Crippen LogP) is 4.59. The van der Waals surface area contributed by atoms with E-state index < -0.39 is 0 Å². The first-order chi connectivity index (χ1) is 12.2. The van der Waals surface area contributed by atoms with Crippen molar-refractivity contribution in [1.29, 1.82) is 0 Å². The predicted molar refractivity (Wildman–Crippen MR) is 102 cm³/mol. The highest BCUT2D eigenvalue weighted by molar-refractivity contribution is 6.32. The van der Waals surface area contributed by atoms with Crippen molar-refractivity contribution in [2.45, 2.75) is 6.92 Å². The quantitative estimate of drug-likeness (QED) is 0.334. The summed E-state index contributed by atoms with van der Waals surface area (Å²) >= 11 is 6.27. The van der Waals surface area contributed by atoms with Gasteiger partial charge in [0.2, 0.25) is 0 Å². The number of nitrogens with zero attached hydrogens (tertiary/aromatic N) is 4. The molecule has 0 aliphatic rings. The summed E-state index contributed by atoms with van der Waals surface area (Å²) in [5.41, 5.74) is 5.68. The van der Waals surface area contributed by atoms with Gasteiger partial charge in [-0.2, -0.15) is 10.2 Å². The van der Waals surface area contributed by atoms with Gasteiger partial charge in [0.1, 0.15) is 5.15 Å². The molecular weight excluding hydrogens is 334 g/mol. The number of hydrogen-bond donors (Lipinski definition) is 1. The monoisotopic (exact) mass is 347 g/mol. The third-order valence-corrected chi connectivity index (χ3v) is 4.20. The first kappa shape index (κ1) is 15.5. The molecule has 1 N–H and O–H groups in total. The molecule has 122 valence electrons. The van der Waals surface area contributed by atoms with Crippen molar-refractivity contribution in [3.8, 4) is 0 Å². The Balaban J connectivity index is 1.64. The second kappa shape index (κ2) is 6.45. The van der Waals surface area contributed by atoms with Gasteiger partial charge in [0.05, 0.1) is 17.9 Å². The van der Waals surface area contributed by atoms with Crippen molar-refractivity contribution in [3.05, 3.63) is 71.0 Å². The van der Waals surface area contributed by atoms with Crippen molar-refractivity contribution in [1.82, 2.24) is 15.2 Å². The Labute approximate surface area is 149 Å². The molecule has 0 radical (unpaired) electrons. The molecule has 4 aromatic rings. The van der Waals surface area contributed by atoms with E-state index in [2.05, 4.69) is 25.7 Å². The van der Waals surface area contributed by atoms with E-state index in [9.17, 15) is 0 Å². The highest BCUT2D eigenvalue weighted by atomic mass is 35.5. The van der Waals surface area contributed by atoms with Gasteiger partial charge in [-0.25, -0.2) is 4.98 Å². The number of nitrogens with one attached hydrogen (secondary N) is 1. The van der Waals surface area contributed by atoms with Gasteiger partial charge in [0.15, 0.2) is 5.82 Å². The number of hydrazone groups is 1. The van der Waals surface area contributed by atoms with Crippen molar-refractivity contribution >= 4 is 45.3 Å². The van der Waals surface area contributed by atoms with Gasteiger partial charge in [-0.1, -0.05) is 48.0 Å². The van der Waals surface area contributed by atoms with Crippen LogP contribution >= 0.6 is 11.6 Å². The molecule has 0 saturated carbocycles. The molecule has 0 amide bonds. The maximum atomic E-state index is 6.27. The molecule has 0 aliphatic carbocycles. The zero-order valence-electron chi connectivity index (χ0n) is 13.4. The van der Waals surface area contributed by atoms with Crippen LogP contribution in [0.3, 0.4) is 0 Å². The smallest absolute Gasteiger partial charge is 0.176 e. The lowest BCUT2D eigenvalue weighted by atomic mass is 10.1.